The smallest absolute Gasteiger partial charge is 0.347 e. The van der Waals surface area contributed by atoms with E-state index in [9.17, 15) is 10.1 Å². The molecule has 0 aromatic heterocycles. The number of rotatable bonds is 7. The van der Waals surface area contributed by atoms with Crippen molar-refractivity contribution in [1.29, 1.82) is 5.26 Å². The molecule has 0 radical (unpaired) electrons. The Hall–Kier alpha value is -4.64. The molecule has 0 bridgehead atoms. The number of para-hydroxylation sites is 1. The number of ether oxygens (including phenoxy) is 4. The second-order valence-electron chi connectivity index (χ2n) is 8.81. The highest BCUT2D eigenvalue weighted by molar-refractivity contribution is 6.35. The summed E-state index contributed by atoms with van der Waals surface area (Å²) in [6.07, 6.45) is 0. The van der Waals surface area contributed by atoms with Crippen LogP contribution in [0.5, 0.6) is 23.0 Å². The average Bonchev–Trinajstić information content (AvgIpc) is 2.96. The van der Waals surface area contributed by atoms with E-state index in [-0.39, 0.29) is 29.4 Å². The Morgan fingerprint density at radius 2 is 1.75 bits per heavy atom. The maximum absolute atomic E-state index is 12.8. The van der Waals surface area contributed by atoms with Crippen molar-refractivity contribution in [3.05, 3.63) is 129 Å². The van der Waals surface area contributed by atoms with Gasteiger partial charge in [0.1, 0.15) is 46.8 Å². The molecule has 4 aromatic carbocycles. The fourth-order valence-electron chi connectivity index (χ4n) is 4.37. The van der Waals surface area contributed by atoms with Crippen LogP contribution in [0, 0.1) is 11.3 Å². The summed E-state index contributed by atoms with van der Waals surface area (Å²) in [6.45, 7) is 0.266. The number of methoxy groups -OCH3 is 1. The van der Waals surface area contributed by atoms with E-state index in [2.05, 4.69) is 6.07 Å². The van der Waals surface area contributed by atoms with Gasteiger partial charge >= 0.3 is 5.97 Å². The van der Waals surface area contributed by atoms with Crippen molar-refractivity contribution in [2.75, 3.05) is 7.11 Å². The molecule has 0 saturated heterocycles. The lowest BCUT2D eigenvalue weighted by molar-refractivity contribution is 0.0731. The fourth-order valence-corrected chi connectivity index (χ4v) is 4.84. The second kappa shape index (κ2) is 11.6. The van der Waals surface area contributed by atoms with Gasteiger partial charge in [0.25, 0.3) is 0 Å². The first-order valence-electron chi connectivity index (χ1n) is 12.1. The van der Waals surface area contributed by atoms with E-state index in [4.69, 9.17) is 47.9 Å². The molecule has 0 saturated carbocycles. The summed E-state index contributed by atoms with van der Waals surface area (Å²) in [4.78, 5) is 12.8. The molecular formula is C31H22Cl2N2O5. The van der Waals surface area contributed by atoms with Crippen molar-refractivity contribution in [1.82, 2.24) is 0 Å². The molecule has 1 aliphatic heterocycles. The maximum atomic E-state index is 12.8. The van der Waals surface area contributed by atoms with Crippen molar-refractivity contribution >= 4 is 29.2 Å². The normalized spacial score (nSPS) is 14.0. The van der Waals surface area contributed by atoms with Gasteiger partial charge in [-0.15, -0.1) is 0 Å². The lowest BCUT2D eigenvalue weighted by Gasteiger charge is -2.27. The minimum absolute atomic E-state index is 0.0223. The molecule has 7 nitrogen and oxygen atoms in total. The van der Waals surface area contributed by atoms with E-state index in [0.717, 1.165) is 11.1 Å². The standard InChI is InChI=1S/C31H22Cl2N2O5/c1-37-27-5-3-2-4-24(27)31(36)39-22-12-13-23-28(15-22)40-30(35)25(16-34)29(23)18-7-10-21(11-8-18)38-17-19-6-9-20(32)14-26(19)33/h2-15,29H,17,35H2,1H3. The summed E-state index contributed by atoms with van der Waals surface area (Å²) in [7, 11) is 1.48. The number of hydrogen-bond acceptors (Lipinski definition) is 7. The van der Waals surface area contributed by atoms with E-state index in [0.29, 0.717) is 32.9 Å². The molecule has 40 heavy (non-hydrogen) atoms. The highest BCUT2D eigenvalue weighted by Gasteiger charge is 2.31. The summed E-state index contributed by atoms with van der Waals surface area (Å²) < 4.78 is 22.5. The van der Waals surface area contributed by atoms with E-state index >= 15 is 0 Å². The summed E-state index contributed by atoms with van der Waals surface area (Å²) in [5.74, 6) is 0.558. The molecule has 9 heteroatoms. The van der Waals surface area contributed by atoms with E-state index in [1.165, 1.54) is 7.11 Å². The third-order valence-electron chi connectivity index (χ3n) is 6.35. The van der Waals surface area contributed by atoms with Crippen LogP contribution >= 0.6 is 23.2 Å². The number of carbonyl (C=O) groups is 1. The van der Waals surface area contributed by atoms with Gasteiger partial charge in [-0.05, 0) is 48.0 Å². The number of nitrogens with two attached hydrogens (primary N) is 1. The Balaban J connectivity index is 1.38. The molecule has 4 aromatic rings. The zero-order chi connectivity index (χ0) is 28.2. The van der Waals surface area contributed by atoms with Gasteiger partial charge in [0, 0.05) is 27.2 Å². The lowest BCUT2D eigenvalue weighted by atomic mass is 9.83. The SMILES string of the molecule is COc1ccccc1C(=O)Oc1ccc2c(c1)OC(N)=C(C#N)C2c1ccc(OCc2ccc(Cl)cc2Cl)cc1. The van der Waals surface area contributed by atoms with Crippen molar-refractivity contribution in [3.63, 3.8) is 0 Å². The number of carbonyl (C=O) groups excluding carboxylic acids is 1. The van der Waals surface area contributed by atoms with Crippen molar-refractivity contribution in [2.24, 2.45) is 5.73 Å². The number of fused-ring (bicyclic) bond motifs is 1. The predicted octanol–water partition coefficient (Wildman–Crippen LogP) is 7.02. The molecule has 2 N–H and O–H groups in total. The van der Waals surface area contributed by atoms with Crippen LogP contribution in [0.3, 0.4) is 0 Å². The van der Waals surface area contributed by atoms with E-state index in [1.54, 1.807) is 54.6 Å². The Labute approximate surface area is 240 Å². The largest absolute Gasteiger partial charge is 0.496 e. The Kier molecular flexibility index (Phi) is 7.83. The van der Waals surface area contributed by atoms with E-state index < -0.39 is 11.9 Å². The topological polar surface area (TPSA) is 104 Å². The third-order valence-corrected chi connectivity index (χ3v) is 6.94. The number of hydrogen-bond donors (Lipinski definition) is 1. The highest BCUT2D eigenvalue weighted by Crippen LogP contribution is 2.44. The molecule has 0 fully saturated rings. The fraction of sp³-hybridized carbons (Fsp3) is 0.0968. The van der Waals surface area contributed by atoms with Crippen molar-refractivity contribution in [3.8, 4) is 29.1 Å². The van der Waals surface area contributed by atoms with Gasteiger partial charge in [-0.1, -0.05) is 59.6 Å². The van der Waals surface area contributed by atoms with Crippen LogP contribution < -0.4 is 24.7 Å². The Morgan fingerprint density at radius 3 is 2.48 bits per heavy atom. The van der Waals surface area contributed by atoms with Crippen LogP contribution in [0.4, 0.5) is 0 Å². The maximum Gasteiger partial charge on any atom is 0.347 e. The quantitative estimate of drug-likeness (QED) is 0.187. The van der Waals surface area contributed by atoms with Crippen LogP contribution in [0.15, 0.2) is 96.4 Å². The monoisotopic (exact) mass is 572 g/mol. The molecule has 1 aliphatic rings. The number of nitriles is 1. The first-order chi connectivity index (χ1) is 19.4. The van der Waals surface area contributed by atoms with Crippen LogP contribution in [0.25, 0.3) is 0 Å². The Bertz CT molecular complexity index is 1660. The van der Waals surface area contributed by atoms with Gasteiger partial charge in [-0.25, -0.2) is 4.79 Å². The molecule has 0 amide bonds. The molecule has 1 heterocycles. The van der Waals surface area contributed by atoms with Crippen LogP contribution in [0.1, 0.15) is 33.0 Å². The average molecular weight is 573 g/mol. The third kappa shape index (κ3) is 5.55. The molecular weight excluding hydrogens is 551 g/mol. The molecule has 0 spiro atoms. The van der Waals surface area contributed by atoms with Gasteiger partial charge in [-0.3, -0.25) is 0 Å². The number of esters is 1. The second-order valence-corrected chi connectivity index (χ2v) is 9.65. The van der Waals surface area contributed by atoms with Crippen LogP contribution in [0.2, 0.25) is 10.0 Å². The molecule has 1 unspecified atom stereocenters. The first kappa shape index (κ1) is 26.9. The zero-order valence-electron chi connectivity index (χ0n) is 21.2. The lowest BCUT2D eigenvalue weighted by Crippen LogP contribution is -2.21. The highest BCUT2D eigenvalue weighted by atomic mass is 35.5. The summed E-state index contributed by atoms with van der Waals surface area (Å²) in [5, 5.41) is 11.0. The van der Waals surface area contributed by atoms with Gasteiger partial charge in [-0.2, -0.15) is 5.26 Å². The minimum atomic E-state index is -0.582. The summed E-state index contributed by atoms with van der Waals surface area (Å²) in [6, 6.07) is 26.5. The Morgan fingerprint density at radius 1 is 1.00 bits per heavy atom. The van der Waals surface area contributed by atoms with Crippen molar-refractivity contribution < 1.29 is 23.7 Å². The molecule has 1 atom stereocenters. The summed E-state index contributed by atoms with van der Waals surface area (Å²) >= 11 is 12.2. The van der Waals surface area contributed by atoms with E-state index in [1.807, 2.05) is 30.3 Å². The van der Waals surface area contributed by atoms with Gasteiger partial charge in [0.2, 0.25) is 5.88 Å². The molecule has 5 rings (SSSR count). The number of halogens is 2. The summed E-state index contributed by atoms with van der Waals surface area (Å²) in [5.41, 5.74) is 9.01. The van der Waals surface area contributed by atoms with Gasteiger partial charge in [0.05, 0.1) is 13.0 Å². The van der Waals surface area contributed by atoms with Gasteiger partial charge < -0.3 is 24.7 Å². The number of benzene rings is 4. The number of allylic oxidation sites excluding steroid dienone is 1. The van der Waals surface area contributed by atoms with Gasteiger partial charge in [0.15, 0.2) is 0 Å². The molecule has 200 valence electrons. The first-order valence-corrected chi connectivity index (χ1v) is 12.9. The zero-order valence-corrected chi connectivity index (χ0v) is 22.7. The van der Waals surface area contributed by atoms with Crippen LogP contribution in [-0.2, 0) is 6.61 Å². The number of nitrogens with zero attached hydrogens (tertiary/aromatic N) is 1. The molecule has 0 aliphatic carbocycles. The predicted molar refractivity (Wildman–Crippen MR) is 151 cm³/mol. The van der Waals surface area contributed by atoms with Crippen molar-refractivity contribution in [2.45, 2.75) is 12.5 Å². The van der Waals surface area contributed by atoms with Crippen LogP contribution in [-0.4, -0.2) is 13.1 Å². The minimum Gasteiger partial charge on any atom is -0.496 e.